The monoisotopic (exact) mass is 468 g/mol. The number of unbranched alkanes of at least 4 members (excludes halogenated alkanes) is 2. The maximum atomic E-state index is 12.3. The summed E-state index contributed by atoms with van der Waals surface area (Å²) in [6.07, 6.45) is 4.94. The van der Waals surface area contributed by atoms with Crippen molar-refractivity contribution in [2.24, 2.45) is 0 Å². The molecule has 0 aliphatic heterocycles. The lowest BCUT2D eigenvalue weighted by Gasteiger charge is -2.09. The van der Waals surface area contributed by atoms with Crippen LogP contribution in [0.5, 0.6) is 17.2 Å². The molecule has 0 aliphatic carbocycles. The third-order valence-electron chi connectivity index (χ3n) is 4.40. The van der Waals surface area contributed by atoms with Crippen molar-refractivity contribution in [3.8, 4) is 17.2 Å². The Balaban J connectivity index is 1.68. The molecule has 0 N–H and O–H groups in total. The Morgan fingerprint density at radius 2 is 1.35 bits per heavy atom. The lowest BCUT2D eigenvalue weighted by molar-refractivity contribution is -0.139. The van der Waals surface area contributed by atoms with Crippen molar-refractivity contribution in [2.45, 2.75) is 25.7 Å². The first-order chi connectivity index (χ1) is 16.5. The molecule has 0 bridgehead atoms. The topological polar surface area (TPSA) is 97.4 Å². The Labute approximate surface area is 198 Å². The Kier molecular flexibility index (Phi) is 11.5. The number of ether oxygens (including phenoxy) is 5. The number of hydrogen-bond donors (Lipinski definition) is 0. The standard InChI is InChI=1S/C26H28O8/c1-3-24(27)33-19-18-32-21-11-9-20(10-12-21)26(29)34-23-15-13-22(14-16-23)31-17-7-5-6-8-25(28)30-4-2/h3-4,9-16H,1-2,5-8,17-19H2. The van der Waals surface area contributed by atoms with Gasteiger partial charge in [0.2, 0.25) is 0 Å². The lowest BCUT2D eigenvalue weighted by atomic mass is 10.2. The van der Waals surface area contributed by atoms with Crippen molar-refractivity contribution in [2.75, 3.05) is 19.8 Å². The van der Waals surface area contributed by atoms with E-state index in [1.807, 2.05) is 0 Å². The van der Waals surface area contributed by atoms with Crippen LogP contribution in [0.4, 0.5) is 0 Å². The fourth-order valence-corrected chi connectivity index (χ4v) is 2.71. The van der Waals surface area contributed by atoms with Gasteiger partial charge in [0.25, 0.3) is 0 Å². The molecule has 2 rings (SSSR count). The highest BCUT2D eigenvalue weighted by molar-refractivity contribution is 5.91. The third-order valence-corrected chi connectivity index (χ3v) is 4.40. The van der Waals surface area contributed by atoms with Crippen LogP contribution in [0.3, 0.4) is 0 Å². The van der Waals surface area contributed by atoms with Gasteiger partial charge < -0.3 is 23.7 Å². The van der Waals surface area contributed by atoms with Crippen LogP contribution in [0, 0.1) is 0 Å². The van der Waals surface area contributed by atoms with Gasteiger partial charge in [0.15, 0.2) is 0 Å². The summed E-state index contributed by atoms with van der Waals surface area (Å²) in [4.78, 5) is 34.5. The maximum absolute atomic E-state index is 12.3. The van der Waals surface area contributed by atoms with Crippen LogP contribution in [0.1, 0.15) is 36.0 Å². The SMILES string of the molecule is C=COC(=O)CCCCCOc1ccc(OC(=O)c2ccc(OCCOC(=O)C=C)cc2)cc1. The van der Waals surface area contributed by atoms with E-state index in [0.717, 1.165) is 31.6 Å². The summed E-state index contributed by atoms with van der Waals surface area (Å²) in [7, 11) is 0. The predicted octanol–water partition coefficient (Wildman–Crippen LogP) is 4.64. The van der Waals surface area contributed by atoms with Crippen molar-refractivity contribution < 1.29 is 38.1 Å². The van der Waals surface area contributed by atoms with Gasteiger partial charge in [-0.3, -0.25) is 4.79 Å². The molecule has 180 valence electrons. The first kappa shape index (κ1) is 26.2. The van der Waals surface area contributed by atoms with E-state index in [1.165, 1.54) is 0 Å². The molecule has 0 saturated heterocycles. The molecular weight excluding hydrogens is 440 g/mol. The first-order valence-electron chi connectivity index (χ1n) is 10.8. The zero-order chi connectivity index (χ0) is 24.6. The number of hydrogen-bond acceptors (Lipinski definition) is 8. The van der Waals surface area contributed by atoms with Gasteiger partial charge in [-0.15, -0.1) is 0 Å². The van der Waals surface area contributed by atoms with Crippen molar-refractivity contribution in [1.29, 1.82) is 0 Å². The van der Waals surface area contributed by atoms with E-state index in [9.17, 15) is 14.4 Å². The van der Waals surface area contributed by atoms with Gasteiger partial charge in [-0.25, -0.2) is 9.59 Å². The number of benzene rings is 2. The van der Waals surface area contributed by atoms with E-state index < -0.39 is 11.9 Å². The molecule has 0 spiro atoms. The second-order valence-electron chi connectivity index (χ2n) is 6.92. The molecule has 0 amide bonds. The summed E-state index contributed by atoms with van der Waals surface area (Å²) in [5.74, 6) is 0.281. The molecule has 2 aromatic rings. The summed E-state index contributed by atoms with van der Waals surface area (Å²) >= 11 is 0. The molecular formula is C26H28O8. The van der Waals surface area contributed by atoms with Crippen LogP contribution in [0.2, 0.25) is 0 Å². The Morgan fingerprint density at radius 3 is 2.00 bits per heavy atom. The predicted molar refractivity (Wildman–Crippen MR) is 125 cm³/mol. The second-order valence-corrected chi connectivity index (χ2v) is 6.92. The fraction of sp³-hybridized carbons (Fsp3) is 0.269. The molecule has 0 fully saturated rings. The molecule has 8 heteroatoms. The highest BCUT2D eigenvalue weighted by Gasteiger charge is 2.09. The summed E-state index contributed by atoms with van der Waals surface area (Å²) in [5.41, 5.74) is 0.364. The van der Waals surface area contributed by atoms with E-state index in [-0.39, 0.29) is 19.2 Å². The normalized spacial score (nSPS) is 10.0. The molecule has 8 nitrogen and oxygen atoms in total. The van der Waals surface area contributed by atoms with E-state index in [1.54, 1.807) is 48.5 Å². The van der Waals surface area contributed by atoms with E-state index in [0.29, 0.717) is 35.8 Å². The Hall–Kier alpha value is -4.07. The van der Waals surface area contributed by atoms with Gasteiger partial charge in [0.1, 0.15) is 30.5 Å². The molecule has 0 aromatic heterocycles. The van der Waals surface area contributed by atoms with Crippen LogP contribution in [0.25, 0.3) is 0 Å². The summed E-state index contributed by atoms with van der Waals surface area (Å²) in [5, 5.41) is 0. The van der Waals surface area contributed by atoms with E-state index in [2.05, 4.69) is 17.9 Å². The van der Waals surface area contributed by atoms with Gasteiger partial charge >= 0.3 is 17.9 Å². The summed E-state index contributed by atoms with van der Waals surface area (Å²) < 4.78 is 26.0. The number of esters is 3. The molecule has 0 heterocycles. The maximum Gasteiger partial charge on any atom is 0.343 e. The van der Waals surface area contributed by atoms with Crippen molar-refractivity contribution >= 4 is 17.9 Å². The molecule has 0 unspecified atom stereocenters. The average molecular weight is 469 g/mol. The van der Waals surface area contributed by atoms with E-state index >= 15 is 0 Å². The van der Waals surface area contributed by atoms with Crippen LogP contribution < -0.4 is 14.2 Å². The Bertz CT molecular complexity index is 948. The zero-order valence-corrected chi connectivity index (χ0v) is 18.9. The Morgan fingerprint density at radius 1 is 0.735 bits per heavy atom. The van der Waals surface area contributed by atoms with Crippen LogP contribution in [0.15, 0.2) is 74.0 Å². The van der Waals surface area contributed by atoms with Gasteiger partial charge in [-0.1, -0.05) is 13.2 Å². The molecule has 2 aromatic carbocycles. The van der Waals surface area contributed by atoms with Crippen LogP contribution in [-0.2, 0) is 19.1 Å². The highest BCUT2D eigenvalue weighted by atomic mass is 16.6. The van der Waals surface area contributed by atoms with E-state index in [4.69, 9.17) is 18.9 Å². The second kappa shape index (κ2) is 14.9. The molecule has 0 radical (unpaired) electrons. The van der Waals surface area contributed by atoms with Crippen LogP contribution in [-0.4, -0.2) is 37.7 Å². The zero-order valence-electron chi connectivity index (χ0n) is 18.9. The van der Waals surface area contributed by atoms with Crippen molar-refractivity contribution in [3.05, 3.63) is 79.6 Å². The van der Waals surface area contributed by atoms with Crippen LogP contribution >= 0.6 is 0 Å². The minimum Gasteiger partial charge on any atom is -0.494 e. The molecule has 0 aliphatic rings. The molecule has 34 heavy (non-hydrogen) atoms. The minimum atomic E-state index is -0.513. The minimum absolute atomic E-state index is 0.0981. The summed E-state index contributed by atoms with van der Waals surface area (Å²) in [6, 6.07) is 13.2. The average Bonchev–Trinajstić information content (AvgIpc) is 2.85. The number of rotatable bonds is 15. The third kappa shape index (κ3) is 10.0. The quantitative estimate of drug-likeness (QED) is 0.123. The molecule has 0 saturated carbocycles. The fourth-order valence-electron chi connectivity index (χ4n) is 2.71. The van der Waals surface area contributed by atoms with Gasteiger partial charge in [0, 0.05) is 12.5 Å². The molecule has 0 atom stereocenters. The number of carbonyl (C=O) groups is 3. The van der Waals surface area contributed by atoms with Gasteiger partial charge in [0.05, 0.1) is 18.4 Å². The highest BCUT2D eigenvalue weighted by Crippen LogP contribution is 2.20. The largest absolute Gasteiger partial charge is 0.494 e. The van der Waals surface area contributed by atoms with Crippen molar-refractivity contribution in [1.82, 2.24) is 0 Å². The van der Waals surface area contributed by atoms with Gasteiger partial charge in [-0.2, -0.15) is 0 Å². The lowest BCUT2D eigenvalue weighted by Crippen LogP contribution is -2.11. The van der Waals surface area contributed by atoms with Gasteiger partial charge in [-0.05, 0) is 67.8 Å². The number of carbonyl (C=O) groups excluding carboxylic acids is 3. The smallest absolute Gasteiger partial charge is 0.343 e. The summed E-state index contributed by atoms with van der Waals surface area (Å²) in [6.45, 7) is 7.44. The first-order valence-corrected chi connectivity index (χ1v) is 10.8. The van der Waals surface area contributed by atoms with Crippen molar-refractivity contribution in [3.63, 3.8) is 0 Å².